The molecule has 0 bridgehead atoms. The van der Waals surface area contributed by atoms with Crippen LogP contribution in [0.25, 0.3) is 0 Å². The molecule has 0 aliphatic carbocycles. The lowest BCUT2D eigenvalue weighted by molar-refractivity contribution is 0.0241. The van der Waals surface area contributed by atoms with E-state index >= 15 is 0 Å². The van der Waals surface area contributed by atoms with Gasteiger partial charge in [0.15, 0.2) is 0 Å². The topological polar surface area (TPSA) is 59.5 Å². The van der Waals surface area contributed by atoms with Crippen molar-refractivity contribution in [2.24, 2.45) is 0 Å². The molecule has 0 radical (unpaired) electrons. The van der Waals surface area contributed by atoms with Gasteiger partial charge in [-0.15, -0.1) is 0 Å². The van der Waals surface area contributed by atoms with Crippen molar-refractivity contribution in [1.82, 2.24) is 9.88 Å². The number of nitrogens with zero attached hydrogens (tertiary/aromatic N) is 2. The molecule has 1 aromatic rings. The summed E-state index contributed by atoms with van der Waals surface area (Å²) in [7, 11) is -1.12. The number of rotatable bonds is 3. The zero-order chi connectivity index (χ0) is 15.5. The molecule has 6 heteroatoms. The Balaban J connectivity index is 1.99. The summed E-state index contributed by atoms with van der Waals surface area (Å²) in [6.45, 7) is 6.23. The molecule has 116 valence electrons. The van der Waals surface area contributed by atoms with E-state index in [1.807, 2.05) is 20.8 Å². The highest BCUT2D eigenvalue weighted by Crippen LogP contribution is 2.22. The van der Waals surface area contributed by atoms with E-state index in [0.717, 1.165) is 17.7 Å². The summed E-state index contributed by atoms with van der Waals surface area (Å²) < 4.78 is 17.8. The zero-order valence-electron chi connectivity index (χ0n) is 12.7. The fraction of sp³-hybridized carbons (Fsp3) is 0.600. The van der Waals surface area contributed by atoms with Crippen LogP contribution in [-0.2, 0) is 15.5 Å². The Kier molecular flexibility index (Phi) is 4.98. The molecule has 21 heavy (non-hydrogen) atoms. The van der Waals surface area contributed by atoms with Crippen LogP contribution in [0.5, 0.6) is 0 Å². The minimum Gasteiger partial charge on any atom is -0.444 e. The van der Waals surface area contributed by atoms with Gasteiger partial charge in [0.2, 0.25) is 0 Å². The van der Waals surface area contributed by atoms with Crippen LogP contribution in [-0.4, -0.2) is 44.1 Å². The van der Waals surface area contributed by atoms with Crippen molar-refractivity contribution in [3.05, 3.63) is 24.5 Å². The lowest BCUT2D eigenvalue weighted by atomic mass is 10.2. The second-order valence-corrected chi connectivity index (χ2v) is 7.66. The van der Waals surface area contributed by atoms with Crippen LogP contribution in [0, 0.1) is 0 Å². The highest BCUT2D eigenvalue weighted by molar-refractivity contribution is 7.85. The Bertz CT molecular complexity index is 513. The summed E-state index contributed by atoms with van der Waals surface area (Å²) in [4.78, 5) is 18.6. The van der Waals surface area contributed by atoms with Gasteiger partial charge in [-0.2, -0.15) is 0 Å². The summed E-state index contributed by atoms with van der Waals surface area (Å²) in [5, 5.41) is 0. The molecule has 1 saturated heterocycles. The predicted molar refractivity (Wildman–Crippen MR) is 81.5 cm³/mol. The number of pyridine rings is 1. The van der Waals surface area contributed by atoms with Gasteiger partial charge in [-0.25, -0.2) is 4.79 Å². The Morgan fingerprint density at radius 1 is 1.43 bits per heavy atom. The van der Waals surface area contributed by atoms with Crippen LogP contribution in [0.1, 0.15) is 33.6 Å². The van der Waals surface area contributed by atoms with Crippen LogP contribution in [0.15, 0.2) is 29.4 Å². The highest BCUT2D eigenvalue weighted by atomic mass is 32.2. The average Bonchev–Trinajstić information content (AvgIpc) is 2.86. The first kappa shape index (κ1) is 15.9. The van der Waals surface area contributed by atoms with Crippen LogP contribution in [0.2, 0.25) is 0 Å². The monoisotopic (exact) mass is 310 g/mol. The molecule has 0 spiro atoms. The number of likely N-dealkylation sites (tertiary alicyclic amines) is 1. The van der Waals surface area contributed by atoms with E-state index in [1.165, 1.54) is 0 Å². The van der Waals surface area contributed by atoms with E-state index in [0.29, 0.717) is 12.3 Å². The number of ether oxygens (including phenoxy) is 1. The molecule has 0 unspecified atom stereocenters. The van der Waals surface area contributed by atoms with Crippen molar-refractivity contribution in [3.63, 3.8) is 0 Å². The minimum absolute atomic E-state index is 0.0196. The third-order valence-electron chi connectivity index (χ3n) is 3.26. The number of carbonyl (C=O) groups excluding carboxylic acids is 1. The van der Waals surface area contributed by atoms with Gasteiger partial charge in [-0.3, -0.25) is 9.19 Å². The molecule has 0 saturated carbocycles. The van der Waals surface area contributed by atoms with Crippen LogP contribution in [0.3, 0.4) is 0 Å². The maximum atomic E-state index is 12.4. The van der Waals surface area contributed by atoms with E-state index in [-0.39, 0.29) is 12.1 Å². The minimum atomic E-state index is -1.12. The first-order valence-electron chi connectivity index (χ1n) is 7.15. The molecule has 5 nitrogen and oxygen atoms in total. The van der Waals surface area contributed by atoms with Gasteiger partial charge < -0.3 is 9.64 Å². The Morgan fingerprint density at radius 2 is 2.10 bits per heavy atom. The molecule has 1 aromatic heterocycles. The first-order chi connectivity index (χ1) is 9.87. The normalized spacial score (nSPS) is 20.3. The van der Waals surface area contributed by atoms with E-state index in [2.05, 4.69) is 4.98 Å². The summed E-state index contributed by atoms with van der Waals surface area (Å²) in [6, 6.07) is 3.49. The highest BCUT2D eigenvalue weighted by Gasteiger charge is 2.33. The fourth-order valence-electron chi connectivity index (χ4n) is 2.33. The Labute approximate surface area is 128 Å². The number of hydrogen-bond acceptors (Lipinski definition) is 4. The van der Waals surface area contributed by atoms with Crippen LogP contribution < -0.4 is 0 Å². The zero-order valence-corrected chi connectivity index (χ0v) is 13.6. The fourth-order valence-corrected chi connectivity index (χ4v) is 3.64. The van der Waals surface area contributed by atoms with Crippen molar-refractivity contribution in [2.75, 3.05) is 12.3 Å². The maximum absolute atomic E-state index is 12.4. The summed E-state index contributed by atoms with van der Waals surface area (Å²) >= 11 is 0. The molecule has 1 fully saturated rings. The van der Waals surface area contributed by atoms with E-state index in [4.69, 9.17) is 4.74 Å². The van der Waals surface area contributed by atoms with Gasteiger partial charge in [0.1, 0.15) is 5.60 Å². The van der Waals surface area contributed by atoms with Crippen molar-refractivity contribution < 1.29 is 13.7 Å². The van der Waals surface area contributed by atoms with Gasteiger partial charge in [0.05, 0.1) is 10.8 Å². The summed E-state index contributed by atoms with van der Waals surface area (Å²) in [6.07, 6.45) is 4.76. The summed E-state index contributed by atoms with van der Waals surface area (Å²) in [5.41, 5.74) is -0.505. The standard InChI is InChI=1S/C15H22N2O3S/c1-15(2,3)20-14(18)17-10-4-5-12(17)11-21(19)13-6-8-16-9-7-13/h6-9,12H,4-5,10-11H2,1-3H3/t12-,21-/m1/s1. The smallest absolute Gasteiger partial charge is 0.410 e. The Morgan fingerprint density at radius 3 is 2.71 bits per heavy atom. The van der Waals surface area contributed by atoms with Gasteiger partial charge in [0, 0.05) is 35.6 Å². The largest absolute Gasteiger partial charge is 0.444 e. The molecule has 1 amide bonds. The summed E-state index contributed by atoms with van der Waals surface area (Å²) in [5.74, 6) is 0.448. The first-order valence-corrected chi connectivity index (χ1v) is 8.47. The van der Waals surface area contributed by atoms with Gasteiger partial charge in [-0.1, -0.05) is 0 Å². The lowest BCUT2D eigenvalue weighted by Gasteiger charge is -2.28. The van der Waals surface area contributed by atoms with Crippen LogP contribution >= 0.6 is 0 Å². The second-order valence-electron chi connectivity index (χ2n) is 6.16. The van der Waals surface area contributed by atoms with Gasteiger partial charge >= 0.3 is 6.09 Å². The molecule has 2 heterocycles. The molecular formula is C15H22N2O3S. The van der Waals surface area contributed by atoms with Crippen molar-refractivity contribution >= 4 is 16.9 Å². The molecule has 0 N–H and O–H groups in total. The number of aromatic nitrogens is 1. The SMILES string of the molecule is CC(C)(C)OC(=O)N1CCC[C@@H]1C[S@@](=O)c1ccncc1. The third-order valence-corrected chi connectivity index (χ3v) is 4.75. The maximum Gasteiger partial charge on any atom is 0.410 e. The van der Waals surface area contributed by atoms with Crippen molar-refractivity contribution in [2.45, 2.75) is 50.2 Å². The molecular weight excluding hydrogens is 288 g/mol. The quantitative estimate of drug-likeness (QED) is 0.861. The van der Waals surface area contributed by atoms with Gasteiger partial charge in [0.25, 0.3) is 0 Å². The van der Waals surface area contributed by atoms with Crippen molar-refractivity contribution in [1.29, 1.82) is 0 Å². The number of carbonyl (C=O) groups is 1. The number of amides is 1. The van der Waals surface area contributed by atoms with Crippen molar-refractivity contribution in [3.8, 4) is 0 Å². The van der Waals surface area contributed by atoms with Gasteiger partial charge in [-0.05, 0) is 45.7 Å². The molecule has 2 rings (SSSR count). The average molecular weight is 310 g/mol. The van der Waals surface area contributed by atoms with E-state index < -0.39 is 16.4 Å². The lowest BCUT2D eigenvalue weighted by Crippen LogP contribution is -2.42. The molecule has 0 aromatic carbocycles. The second kappa shape index (κ2) is 6.56. The molecule has 1 aliphatic heterocycles. The Hall–Kier alpha value is -1.43. The third kappa shape index (κ3) is 4.52. The number of hydrogen-bond donors (Lipinski definition) is 0. The van der Waals surface area contributed by atoms with E-state index in [1.54, 1.807) is 29.4 Å². The van der Waals surface area contributed by atoms with Crippen LogP contribution in [0.4, 0.5) is 4.79 Å². The predicted octanol–water partition coefficient (Wildman–Crippen LogP) is 2.59. The molecule has 2 atom stereocenters. The molecule has 1 aliphatic rings. The van der Waals surface area contributed by atoms with E-state index in [9.17, 15) is 9.00 Å².